The molecule has 0 unspecified atom stereocenters. The molecule has 0 radical (unpaired) electrons. The van der Waals surface area contributed by atoms with E-state index in [1.807, 2.05) is 0 Å². The first-order valence-electron chi connectivity index (χ1n) is 6.63. The van der Waals surface area contributed by atoms with Gasteiger partial charge in [-0.05, 0) is 35.4 Å². The molecule has 0 aliphatic carbocycles. The maximum absolute atomic E-state index is 12.9. The summed E-state index contributed by atoms with van der Waals surface area (Å²) in [6.07, 6.45) is 1.08. The fraction of sp³-hybridized carbons (Fsp3) is 0.0625. The van der Waals surface area contributed by atoms with E-state index >= 15 is 0 Å². The van der Waals surface area contributed by atoms with E-state index in [0.29, 0.717) is 5.56 Å². The zero-order chi connectivity index (χ0) is 17.9. The smallest absolute Gasteiger partial charge is 0.260 e. The Balaban J connectivity index is 2.46. The second kappa shape index (κ2) is 7.34. The van der Waals surface area contributed by atoms with Crippen molar-refractivity contribution in [2.24, 2.45) is 5.73 Å². The summed E-state index contributed by atoms with van der Waals surface area (Å²) in [5.41, 5.74) is 5.78. The largest absolute Gasteiger partial charge is 0.365 e. The molecule has 2 aromatic carbocycles. The number of primary amides is 1. The van der Waals surface area contributed by atoms with Crippen molar-refractivity contribution in [1.29, 1.82) is 0 Å². The lowest BCUT2D eigenvalue weighted by molar-refractivity contribution is -0.113. The minimum Gasteiger partial charge on any atom is -0.365 e. The Bertz CT molecular complexity index is 909. The summed E-state index contributed by atoms with van der Waals surface area (Å²) in [4.78, 5) is 11.0. The maximum Gasteiger partial charge on any atom is 0.260 e. The number of amides is 1. The van der Waals surface area contributed by atoms with Gasteiger partial charge in [-0.15, -0.1) is 0 Å². The first-order chi connectivity index (χ1) is 11.2. The number of halogens is 3. The van der Waals surface area contributed by atoms with Crippen molar-refractivity contribution >= 4 is 45.0 Å². The third kappa shape index (κ3) is 4.35. The number of nitrogens with two attached hydrogens (primary N) is 1. The Hall–Kier alpha value is -1.89. The van der Waals surface area contributed by atoms with Gasteiger partial charge in [0.2, 0.25) is 0 Å². The molecule has 0 spiro atoms. The van der Waals surface area contributed by atoms with Gasteiger partial charge >= 0.3 is 0 Å². The van der Waals surface area contributed by atoms with Crippen LogP contribution in [0.4, 0.5) is 4.39 Å². The molecule has 0 aromatic heterocycles. The van der Waals surface area contributed by atoms with E-state index < -0.39 is 32.2 Å². The first kappa shape index (κ1) is 18.4. The van der Waals surface area contributed by atoms with E-state index in [2.05, 4.69) is 0 Å². The predicted octanol–water partition coefficient (Wildman–Crippen LogP) is 3.57. The summed E-state index contributed by atoms with van der Waals surface area (Å²) in [7, 11) is -4.05. The van der Waals surface area contributed by atoms with Crippen molar-refractivity contribution in [1.82, 2.24) is 0 Å². The van der Waals surface area contributed by atoms with Gasteiger partial charge in [0.05, 0.1) is 15.8 Å². The molecule has 0 aliphatic rings. The number of sulfone groups is 1. The molecule has 0 saturated carbocycles. The van der Waals surface area contributed by atoms with Gasteiger partial charge in [-0.3, -0.25) is 4.79 Å². The van der Waals surface area contributed by atoms with Gasteiger partial charge in [-0.2, -0.15) is 0 Å². The monoisotopic (exact) mass is 387 g/mol. The summed E-state index contributed by atoms with van der Waals surface area (Å²) in [6.45, 7) is 0. The van der Waals surface area contributed by atoms with Gasteiger partial charge in [0.15, 0.2) is 9.84 Å². The van der Waals surface area contributed by atoms with Gasteiger partial charge < -0.3 is 5.73 Å². The van der Waals surface area contributed by atoms with Crippen molar-refractivity contribution in [2.45, 2.75) is 5.75 Å². The van der Waals surface area contributed by atoms with Crippen LogP contribution < -0.4 is 5.73 Å². The first-order valence-corrected chi connectivity index (χ1v) is 9.04. The third-order valence-corrected chi connectivity index (χ3v) is 5.65. The van der Waals surface area contributed by atoms with E-state index in [1.54, 1.807) is 6.07 Å². The second-order valence-corrected chi connectivity index (χ2v) is 7.64. The maximum atomic E-state index is 12.9. The van der Waals surface area contributed by atoms with Crippen LogP contribution in [-0.2, 0) is 20.4 Å². The van der Waals surface area contributed by atoms with Crippen molar-refractivity contribution in [3.05, 3.63) is 74.4 Å². The fourth-order valence-corrected chi connectivity index (χ4v) is 3.73. The van der Waals surface area contributed by atoms with E-state index in [4.69, 9.17) is 28.9 Å². The Morgan fingerprint density at radius 2 is 1.75 bits per heavy atom. The van der Waals surface area contributed by atoms with Crippen LogP contribution in [0.3, 0.4) is 0 Å². The van der Waals surface area contributed by atoms with Crippen LogP contribution >= 0.6 is 23.2 Å². The van der Waals surface area contributed by atoms with E-state index in [9.17, 15) is 17.6 Å². The molecule has 0 bridgehead atoms. The second-order valence-electron chi connectivity index (χ2n) is 4.90. The zero-order valence-electron chi connectivity index (χ0n) is 12.2. The average Bonchev–Trinajstić information content (AvgIpc) is 2.50. The summed E-state index contributed by atoms with van der Waals surface area (Å²) in [5, 5.41) is 0.320. The molecule has 8 heteroatoms. The van der Waals surface area contributed by atoms with E-state index in [0.717, 1.165) is 18.2 Å². The summed E-state index contributed by atoms with van der Waals surface area (Å²) >= 11 is 11.9. The van der Waals surface area contributed by atoms with Crippen LogP contribution in [0.5, 0.6) is 0 Å². The summed E-state index contributed by atoms with van der Waals surface area (Å²) in [6, 6.07) is 9.49. The standard InChI is InChI=1S/C16H12Cl2FNO3S/c17-13-3-1-2-11(15(13)18)8-14(16(20)21)24(22,23)9-10-4-6-12(19)7-5-10/h1-8H,9H2,(H2,20,21)/b14-8-. The van der Waals surface area contributed by atoms with Gasteiger partial charge in [0.1, 0.15) is 10.7 Å². The lowest BCUT2D eigenvalue weighted by Gasteiger charge is -2.08. The highest BCUT2D eigenvalue weighted by Crippen LogP contribution is 2.28. The lowest BCUT2D eigenvalue weighted by Crippen LogP contribution is -2.22. The predicted molar refractivity (Wildman–Crippen MR) is 92.7 cm³/mol. The van der Waals surface area contributed by atoms with Crippen molar-refractivity contribution < 1.29 is 17.6 Å². The number of carbonyl (C=O) groups is 1. The van der Waals surface area contributed by atoms with Crippen LogP contribution in [0.25, 0.3) is 6.08 Å². The Morgan fingerprint density at radius 3 is 2.33 bits per heavy atom. The molecule has 0 aliphatic heterocycles. The highest BCUT2D eigenvalue weighted by Gasteiger charge is 2.24. The van der Waals surface area contributed by atoms with Crippen molar-refractivity contribution in [3.8, 4) is 0 Å². The van der Waals surface area contributed by atoms with E-state index in [1.165, 1.54) is 24.3 Å². The number of carbonyl (C=O) groups excluding carboxylic acids is 1. The molecule has 0 heterocycles. The number of hydrogen-bond acceptors (Lipinski definition) is 3. The Labute approximate surface area is 148 Å². The lowest BCUT2D eigenvalue weighted by atomic mass is 10.2. The zero-order valence-corrected chi connectivity index (χ0v) is 14.5. The SMILES string of the molecule is NC(=O)/C(=C/c1cccc(Cl)c1Cl)S(=O)(=O)Cc1ccc(F)cc1. The van der Waals surface area contributed by atoms with Crippen molar-refractivity contribution in [2.75, 3.05) is 0 Å². The molecule has 2 N–H and O–H groups in total. The summed E-state index contributed by atoms with van der Waals surface area (Å²) < 4.78 is 37.9. The van der Waals surface area contributed by atoms with Crippen molar-refractivity contribution in [3.63, 3.8) is 0 Å². The molecule has 24 heavy (non-hydrogen) atoms. The average molecular weight is 388 g/mol. The topological polar surface area (TPSA) is 77.2 Å². The highest BCUT2D eigenvalue weighted by atomic mass is 35.5. The van der Waals surface area contributed by atoms with Crippen LogP contribution in [0.2, 0.25) is 10.0 Å². The van der Waals surface area contributed by atoms with Crippen LogP contribution in [-0.4, -0.2) is 14.3 Å². The third-order valence-electron chi connectivity index (χ3n) is 3.12. The quantitative estimate of drug-likeness (QED) is 0.796. The van der Waals surface area contributed by atoms with Crippen LogP contribution in [0.15, 0.2) is 47.4 Å². The molecular formula is C16H12Cl2FNO3S. The molecular weight excluding hydrogens is 376 g/mol. The molecule has 2 rings (SSSR count). The van der Waals surface area contributed by atoms with Gasteiger partial charge in [0.25, 0.3) is 5.91 Å². The minimum absolute atomic E-state index is 0.106. The highest BCUT2D eigenvalue weighted by molar-refractivity contribution is 7.95. The molecule has 0 fully saturated rings. The minimum atomic E-state index is -4.05. The van der Waals surface area contributed by atoms with Gasteiger partial charge in [-0.1, -0.05) is 47.5 Å². The molecule has 0 saturated heterocycles. The van der Waals surface area contributed by atoms with Crippen LogP contribution in [0.1, 0.15) is 11.1 Å². The number of rotatable bonds is 5. The molecule has 126 valence electrons. The number of hydrogen-bond donors (Lipinski definition) is 1. The Kier molecular flexibility index (Phi) is 5.64. The van der Waals surface area contributed by atoms with E-state index in [-0.39, 0.29) is 15.6 Å². The summed E-state index contributed by atoms with van der Waals surface area (Å²) in [5.74, 6) is -2.11. The molecule has 2 aromatic rings. The van der Waals surface area contributed by atoms with Gasteiger partial charge in [0, 0.05) is 0 Å². The normalized spacial score (nSPS) is 12.2. The molecule has 4 nitrogen and oxygen atoms in total. The molecule has 1 amide bonds. The van der Waals surface area contributed by atoms with Gasteiger partial charge in [-0.25, -0.2) is 12.8 Å². The fourth-order valence-electron chi connectivity index (χ4n) is 1.97. The Morgan fingerprint density at radius 1 is 1.12 bits per heavy atom. The molecule has 0 atom stereocenters. The number of benzene rings is 2. The van der Waals surface area contributed by atoms with Crippen LogP contribution in [0, 0.1) is 5.82 Å².